The van der Waals surface area contributed by atoms with Crippen molar-refractivity contribution in [3.05, 3.63) is 70.3 Å². The van der Waals surface area contributed by atoms with Gasteiger partial charge in [0.15, 0.2) is 0 Å². The molecule has 0 heteroatoms. The second-order valence-corrected chi connectivity index (χ2v) is 11.9. The molecule has 0 fully saturated rings. The maximum atomic E-state index is 5.33. The predicted molar refractivity (Wildman–Crippen MR) is 171 cm³/mol. The van der Waals surface area contributed by atoms with Crippen molar-refractivity contribution in [3.63, 3.8) is 0 Å². The van der Waals surface area contributed by atoms with Gasteiger partial charge in [-0.3, -0.25) is 0 Å². The molecule has 37 heavy (non-hydrogen) atoms. The Morgan fingerprint density at radius 3 is 2.00 bits per heavy atom. The Morgan fingerprint density at radius 2 is 1.62 bits per heavy atom. The highest BCUT2D eigenvalue weighted by Crippen LogP contribution is 2.46. The van der Waals surface area contributed by atoms with E-state index in [1.807, 2.05) is 19.9 Å². The summed E-state index contributed by atoms with van der Waals surface area (Å²) in [7, 11) is 0. The fraction of sp³-hybridized carbons (Fsp3) is 0.568. The van der Waals surface area contributed by atoms with Gasteiger partial charge >= 0.3 is 0 Å². The van der Waals surface area contributed by atoms with Crippen molar-refractivity contribution in [2.75, 3.05) is 0 Å². The average Bonchev–Trinajstić information content (AvgIpc) is 2.80. The molecule has 3 unspecified atom stereocenters. The van der Waals surface area contributed by atoms with Gasteiger partial charge in [0.25, 0.3) is 0 Å². The SMILES string of the molecule is C#CC.C#Cc1ccc(C(C)CC)c(C)c1.C=C(C)C.CC1=CCC(C)C(C(C)(CC(C)C)C(C)C)=C1. The van der Waals surface area contributed by atoms with Crippen molar-refractivity contribution in [2.45, 2.75) is 115 Å². The number of hydrogen-bond donors (Lipinski definition) is 0. The first kappa shape index (κ1) is 36.7. The summed E-state index contributed by atoms with van der Waals surface area (Å²) in [5, 5.41) is 0. The summed E-state index contributed by atoms with van der Waals surface area (Å²) in [4.78, 5) is 0. The van der Waals surface area contributed by atoms with Crippen molar-refractivity contribution in [3.8, 4) is 24.7 Å². The molecule has 1 aliphatic carbocycles. The molecule has 0 amide bonds. The molecule has 1 aliphatic rings. The van der Waals surface area contributed by atoms with Crippen LogP contribution in [-0.4, -0.2) is 0 Å². The van der Waals surface area contributed by atoms with Gasteiger partial charge in [0.2, 0.25) is 0 Å². The van der Waals surface area contributed by atoms with E-state index >= 15 is 0 Å². The Kier molecular flexibility index (Phi) is 18.6. The summed E-state index contributed by atoms with van der Waals surface area (Å²) in [6.45, 7) is 32.3. The summed E-state index contributed by atoms with van der Waals surface area (Å²) in [6, 6.07) is 6.26. The zero-order valence-corrected chi connectivity index (χ0v) is 26.7. The number of allylic oxidation sites excluding steroid dienone is 5. The van der Waals surface area contributed by atoms with Crippen LogP contribution in [0, 0.1) is 54.8 Å². The van der Waals surface area contributed by atoms with Crippen LogP contribution >= 0.6 is 0 Å². The number of benzene rings is 1. The fourth-order valence-corrected chi connectivity index (χ4v) is 4.74. The molecule has 1 aromatic carbocycles. The first-order valence-corrected chi connectivity index (χ1v) is 14.1. The van der Waals surface area contributed by atoms with E-state index in [9.17, 15) is 0 Å². The maximum Gasteiger partial charge on any atom is 0.0245 e. The highest BCUT2D eigenvalue weighted by molar-refractivity contribution is 5.40. The lowest BCUT2D eigenvalue weighted by atomic mass is 9.63. The predicted octanol–water partition coefficient (Wildman–Crippen LogP) is 11.3. The van der Waals surface area contributed by atoms with Crippen LogP contribution in [0.4, 0.5) is 0 Å². The maximum absolute atomic E-state index is 5.33. The van der Waals surface area contributed by atoms with E-state index in [2.05, 4.69) is 118 Å². The smallest absolute Gasteiger partial charge is 0.0245 e. The largest absolute Gasteiger partial charge is 0.120 e. The lowest BCUT2D eigenvalue weighted by molar-refractivity contribution is 0.203. The van der Waals surface area contributed by atoms with E-state index in [1.54, 1.807) is 12.5 Å². The standard InChI is InChI=1S/C17H30.C13H16.C4H8.C3H4/c1-12(2)11-17(7,13(3)4)16-10-14(5)8-9-15(16)6;1-5-10(3)13-8-7-12(6-2)9-11(13)4;1-4(2)3;1-3-2/h8,10,12-13,15H,9,11H2,1-7H3;2,7-10H,5H2,1,3-4H3;1H2,2-3H3;1H,2H3. The van der Waals surface area contributed by atoms with Gasteiger partial charge in [-0.05, 0) is 106 Å². The normalized spacial score (nSPS) is 16.5. The van der Waals surface area contributed by atoms with Crippen molar-refractivity contribution < 1.29 is 0 Å². The molecule has 0 N–H and O–H groups in total. The minimum Gasteiger partial charge on any atom is -0.120 e. The van der Waals surface area contributed by atoms with Crippen LogP contribution in [0.2, 0.25) is 0 Å². The van der Waals surface area contributed by atoms with Crippen LogP contribution in [0.15, 0.2) is 53.6 Å². The Hall–Kier alpha value is -2.44. The molecule has 0 nitrogen and oxygen atoms in total. The Bertz CT molecular complexity index is 947. The summed E-state index contributed by atoms with van der Waals surface area (Å²) in [6.07, 6.45) is 18.5. The molecule has 3 atom stereocenters. The molecule has 0 radical (unpaired) electrons. The van der Waals surface area contributed by atoms with Crippen LogP contribution in [0.1, 0.15) is 125 Å². The lowest BCUT2D eigenvalue weighted by Gasteiger charge is -2.42. The Balaban J connectivity index is 0. The van der Waals surface area contributed by atoms with Crippen molar-refractivity contribution >= 4 is 0 Å². The molecule has 0 heterocycles. The highest BCUT2D eigenvalue weighted by atomic mass is 14.4. The lowest BCUT2D eigenvalue weighted by Crippen LogP contribution is -2.31. The summed E-state index contributed by atoms with van der Waals surface area (Å²) >= 11 is 0. The van der Waals surface area contributed by atoms with Crippen molar-refractivity contribution in [2.24, 2.45) is 23.2 Å². The minimum atomic E-state index is 0.364. The van der Waals surface area contributed by atoms with Gasteiger partial charge in [-0.15, -0.1) is 25.3 Å². The van der Waals surface area contributed by atoms with E-state index in [0.717, 1.165) is 11.5 Å². The van der Waals surface area contributed by atoms with Gasteiger partial charge in [0.1, 0.15) is 0 Å². The molecule has 206 valence electrons. The van der Waals surface area contributed by atoms with Crippen LogP contribution in [0.25, 0.3) is 0 Å². The average molecular weight is 503 g/mol. The fourth-order valence-electron chi connectivity index (χ4n) is 4.74. The van der Waals surface area contributed by atoms with E-state index in [1.165, 1.54) is 41.5 Å². The first-order valence-electron chi connectivity index (χ1n) is 14.1. The number of rotatable bonds is 6. The molecule has 0 saturated carbocycles. The highest BCUT2D eigenvalue weighted by Gasteiger charge is 2.36. The number of terminal acetylenes is 2. The van der Waals surface area contributed by atoms with E-state index < -0.39 is 0 Å². The Labute approximate surface area is 233 Å². The molecule has 2 rings (SSSR count). The first-order chi connectivity index (χ1) is 17.1. The quantitative estimate of drug-likeness (QED) is 0.268. The van der Waals surface area contributed by atoms with Gasteiger partial charge in [-0.1, -0.05) is 96.2 Å². The van der Waals surface area contributed by atoms with E-state index in [-0.39, 0.29) is 0 Å². The zero-order chi connectivity index (χ0) is 29.3. The van der Waals surface area contributed by atoms with Gasteiger partial charge in [-0.25, -0.2) is 0 Å². The summed E-state index contributed by atoms with van der Waals surface area (Å²) in [5.41, 5.74) is 8.37. The minimum absolute atomic E-state index is 0.364. The van der Waals surface area contributed by atoms with Crippen LogP contribution < -0.4 is 0 Å². The molecule has 0 spiro atoms. The third kappa shape index (κ3) is 14.2. The van der Waals surface area contributed by atoms with Gasteiger partial charge in [0, 0.05) is 5.56 Å². The Morgan fingerprint density at radius 1 is 1.11 bits per heavy atom. The van der Waals surface area contributed by atoms with Crippen LogP contribution in [-0.2, 0) is 0 Å². The van der Waals surface area contributed by atoms with Gasteiger partial charge in [-0.2, -0.15) is 0 Å². The summed E-state index contributed by atoms with van der Waals surface area (Å²) in [5.74, 6) is 7.72. The molecule has 0 aromatic heterocycles. The van der Waals surface area contributed by atoms with Crippen molar-refractivity contribution in [1.29, 1.82) is 0 Å². The zero-order valence-electron chi connectivity index (χ0n) is 26.7. The third-order valence-corrected chi connectivity index (χ3v) is 7.05. The molecular formula is C37H58. The van der Waals surface area contributed by atoms with E-state index in [0.29, 0.717) is 23.2 Å². The number of hydrogen-bond acceptors (Lipinski definition) is 0. The van der Waals surface area contributed by atoms with Gasteiger partial charge < -0.3 is 0 Å². The second-order valence-electron chi connectivity index (χ2n) is 11.9. The third-order valence-electron chi connectivity index (χ3n) is 7.05. The topological polar surface area (TPSA) is 0 Å². The molecule has 0 saturated heterocycles. The number of aryl methyl sites for hydroxylation is 1. The van der Waals surface area contributed by atoms with E-state index in [4.69, 9.17) is 6.42 Å². The molecule has 0 bridgehead atoms. The van der Waals surface area contributed by atoms with Gasteiger partial charge in [0.05, 0.1) is 0 Å². The molecule has 0 aliphatic heterocycles. The van der Waals surface area contributed by atoms with Crippen LogP contribution in [0.3, 0.4) is 0 Å². The molecular weight excluding hydrogens is 444 g/mol. The summed E-state index contributed by atoms with van der Waals surface area (Å²) < 4.78 is 0. The van der Waals surface area contributed by atoms with Crippen molar-refractivity contribution in [1.82, 2.24) is 0 Å². The van der Waals surface area contributed by atoms with Crippen LogP contribution in [0.5, 0.6) is 0 Å². The molecule has 1 aromatic rings. The second kappa shape index (κ2) is 18.8. The monoisotopic (exact) mass is 502 g/mol.